The lowest BCUT2D eigenvalue weighted by Crippen LogP contribution is -2.36. The number of benzene rings is 2. The molecule has 2 unspecified atom stereocenters. The largest absolute Gasteiger partial charge is 0.497 e. The van der Waals surface area contributed by atoms with E-state index in [1.807, 2.05) is 0 Å². The van der Waals surface area contributed by atoms with E-state index in [9.17, 15) is 17.6 Å². The molecule has 2 heterocycles. The van der Waals surface area contributed by atoms with E-state index in [-0.39, 0.29) is 40.3 Å². The summed E-state index contributed by atoms with van der Waals surface area (Å²) in [6.45, 7) is -0.0701. The van der Waals surface area contributed by atoms with E-state index in [0.717, 1.165) is 0 Å². The summed E-state index contributed by atoms with van der Waals surface area (Å²) in [5, 5.41) is 3.05. The van der Waals surface area contributed by atoms with Gasteiger partial charge in [-0.15, -0.1) is 0 Å². The molecule has 7 nitrogen and oxygen atoms in total. The smallest absolute Gasteiger partial charge is 0.244 e. The number of nitrogens with zero attached hydrogens (tertiary/aromatic N) is 2. The van der Waals surface area contributed by atoms with Crippen LogP contribution >= 0.6 is 23.4 Å². The van der Waals surface area contributed by atoms with Crippen molar-refractivity contribution in [3.05, 3.63) is 53.3 Å². The van der Waals surface area contributed by atoms with E-state index in [1.165, 1.54) is 30.0 Å². The number of amides is 1. The summed E-state index contributed by atoms with van der Waals surface area (Å²) in [6.07, 6.45) is 0. The zero-order valence-electron chi connectivity index (χ0n) is 16.4. The van der Waals surface area contributed by atoms with Gasteiger partial charge in [-0.3, -0.25) is 9.79 Å². The van der Waals surface area contributed by atoms with Crippen molar-refractivity contribution in [1.29, 1.82) is 0 Å². The minimum Gasteiger partial charge on any atom is -0.497 e. The van der Waals surface area contributed by atoms with E-state index >= 15 is 0 Å². The number of fused-ring (bicyclic) bond motifs is 1. The Morgan fingerprint density at radius 1 is 1.29 bits per heavy atom. The fraction of sp³-hybridized carbons (Fsp3) is 0.300. The average Bonchev–Trinajstić information content (AvgIpc) is 3.22. The molecule has 0 spiro atoms. The molecule has 0 radical (unpaired) electrons. The molecular weight excluding hydrogens is 465 g/mol. The van der Waals surface area contributed by atoms with Crippen LogP contribution in [0.3, 0.4) is 0 Å². The molecule has 4 rings (SSSR count). The number of nitrogens with one attached hydrogen (secondary N) is 1. The lowest BCUT2D eigenvalue weighted by atomic mass is 10.2. The normalized spacial score (nSPS) is 21.3. The fourth-order valence-electron chi connectivity index (χ4n) is 3.42. The number of methoxy groups -OCH3 is 1. The molecule has 2 aliphatic rings. The quantitative estimate of drug-likeness (QED) is 0.702. The second kappa shape index (κ2) is 8.68. The van der Waals surface area contributed by atoms with Gasteiger partial charge >= 0.3 is 0 Å². The van der Waals surface area contributed by atoms with Crippen LogP contribution in [0.1, 0.15) is 0 Å². The maximum atomic E-state index is 13.4. The molecule has 2 aromatic carbocycles. The van der Waals surface area contributed by atoms with Crippen LogP contribution in [0.4, 0.5) is 15.8 Å². The molecule has 0 aromatic heterocycles. The van der Waals surface area contributed by atoms with E-state index in [4.69, 9.17) is 16.3 Å². The molecular formula is C20H19ClFN3O4S2. The Kier molecular flexibility index (Phi) is 6.14. The summed E-state index contributed by atoms with van der Waals surface area (Å²) in [5.41, 5.74) is 1.08. The molecule has 1 N–H and O–H groups in total. The average molecular weight is 484 g/mol. The number of carbonyl (C=O) groups is 1. The highest BCUT2D eigenvalue weighted by Gasteiger charge is 2.44. The van der Waals surface area contributed by atoms with Crippen molar-refractivity contribution in [2.45, 2.75) is 11.3 Å². The SMILES string of the molecule is COc1ccc(N(CC(=O)Nc2ccc(F)c(Cl)c2)C2=NC3CS(=O)(=O)CC3S2)cc1. The molecule has 1 fully saturated rings. The number of rotatable bonds is 5. The third kappa shape index (κ3) is 4.97. The number of hydrogen-bond donors (Lipinski definition) is 1. The van der Waals surface area contributed by atoms with E-state index in [0.29, 0.717) is 22.3 Å². The molecule has 2 atom stereocenters. The van der Waals surface area contributed by atoms with Crippen LogP contribution in [0.25, 0.3) is 0 Å². The van der Waals surface area contributed by atoms with Gasteiger partial charge in [0.2, 0.25) is 5.91 Å². The first kappa shape index (κ1) is 21.9. The Labute approximate surface area is 188 Å². The van der Waals surface area contributed by atoms with Gasteiger partial charge < -0.3 is 15.0 Å². The van der Waals surface area contributed by atoms with Gasteiger partial charge in [-0.2, -0.15) is 0 Å². The number of sulfone groups is 1. The molecule has 0 saturated carbocycles. The van der Waals surface area contributed by atoms with Crippen molar-refractivity contribution in [3.63, 3.8) is 0 Å². The van der Waals surface area contributed by atoms with Gasteiger partial charge in [-0.1, -0.05) is 23.4 Å². The van der Waals surface area contributed by atoms with Gasteiger partial charge in [0.1, 0.15) is 18.1 Å². The summed E-state index contributed by atoms with van der Waals surface area (Å²) in [7, 11) is -1.52. The zero-order valence-corrected chi connectivity index (χ0v) is 18.8. The lowest BCUT2D eigenvalue weighted by molar-refractivity contribution is -0.114. The van der Waals surface area contributed by atoms with Crippen molar-refractivity contribution in [2.24, 2.45) is 4.99 Å². The predicted octanol–water partition coefficient (Wildman–Crippen LogP) is 3.20. The molecule has 1 amide bonds. The van der Waals surface area contributed by atoms with Gasteiger partial charge in [0.15, 0.2) is 15.0 Å². The first-order valence-corrected chi connectivity index (χ1v) is 12.4. The highest BCUT2D eigenvalue weighted by Crippen LogP contribution is 2.37. The van der Waals surface area contributed by atoms with Crippen LogP contribution in [0.5, 0.6) is 5.75 Å². The van der Waals surface area contributed by atoms with E-state index < -0.39 is 15.7 Å². The van der Waals surface area contributed by atoms with E-state index in [1.54, 1.807) is 36.3 Å². The number of carbonyl (C=O) groups excluding carboxylic acids is 1. The molecule has 0 bridgehead atoms. The van der Waals surface area contributed by atoms with Gasteiger partial charge in [0.25, 0.3) is 0 Å². The summed E-state index contributed by atoms with van der Waals surface area (Å²) in [5.74, 6) is -0.168. The van der Waals surface area contributed by atoms with Crippen LogP contribution in [0.15, 0.2) is 47.5 Å². The number of ether oxygens (including phenoxy) is 1. The maximum absolute atomic E-state index is 13.4. The maximum Gasteiger partial charge on any atom is 0.244 e. The van der Waals surface area contributed by atoms with Crippen LogP contribution in [-0.4, -0.2) is 55.9 Å². The molecule has 11 heteroatoms. The first-order valence-electron chi connectivity index (χ1n) is 9.35. The summed E-state index contributed by atoms with van der Waals surface area (Å²) in [6, 6.07) is 10.8. The molecule has 0 aliphatic carbocycles. The molecule has 2 aromatic rings. The second-order valence-electron chi connectivity index (χ2n) is 7.17. The monoisotopic (exact) mass is 483 g/mol. The highest BCUT2D eigenvalue weighted by molar-refractivity contribution is 8.15. The summed E-state index contributed by atoms with van der Waals surface area (Å²) < 4.78 is 42.3. The standard InChI is InChI=1S/C20H19ClFN3O4S2/c1-29-14-5-3-13(4-6-14)25(20-24-17-10-31(27,28)11-18(17)30-20)9-19(26)23-12-2-7-16(22)15(21)8-12/h2-8,17-18H,9-11H2,1H3,(H,23,26). The second-order valence-corrected chi connectivity index (χ2v) is 10.9. The predicted molar refractivity (Wildman–Crippen MR) is 122 cm³/mol. The molecule has 2 aliphatic heterocycles. The minimum absolute atomic E-state index is 0.0187. The van der Waals surface area contributed by atoms with Gasteiger partial charge in [0, 0.05) is 16.6 Å². The Balaban J connectivity index is 1.56. The van der Waals surface area contributed by atoms with E-state index in [2.05, 4.69) is 10.3 Å². The number of aliphatic imine (C=N–C) groups is 1. The van der Waals surface area contributed by atoms with Crippen LogP contribution < -0.4 is 15.0 Å². The van der Waals surface area contributed by atoms with Gasteiger partial charge in [-0.25, -0.2) is 12.8 Å². The molecule has 164 valence electrons. The number of thioether (sulfide) groups is 1. The Hall–Kier alpha value is -2.30. The van der Waals surface area contributed by atoms with Crippen molar-refractivity contribution in [1.82, 2.24) is 0 Å². The van der Waals surface area contributed by atoms with Crippen LogP contribution in [-0.2, 0) is 14.6 Å². The summed E-state index contributed by atoms with van der Waals surface area (Å²) >= 11 is 7.15. The van der Waals surface area contributed by atoms with Gasteiger partial charge in [0.05, 0.1) is 29.7 Å². The minimum atomic E-state index is -3.09. The van der Waals surface area contributed by atoms with Crippen LogP contribution in [0.2, 0.25) is 5.02 Å². The van der Waals surface area contributed by atoms with Crippen LogP contribution in [0, 0.1) is 5.82 Å². The fourth-order valence-corrected chi connectivity index (χ4v) is 7.38. The van der Waals surface area contributed by atoms with Crippen molar-refractivity contribution < 1.29 is 22.3 Å². The number of halogens is 2. The van der Waals surface area contributed by atoms with Crippen molar-refractivity contribution in [3.8, 4) is 5.75 Å². The molecule has 1 saturated heterocycles. The zero-order chi connectivity index (χ0) is 22.2. The van der Waals surface area contributed by atoms with Gasteiger partial charge in [-0.05, 0) is 42.5 Å². The highest BCUT2D eigenvalue weighted by atomic mass is 35.5. The Bertz CT molecular complexity index is 1140. The third-order valence-electron chi connectivity index (χ3n) is 4.93. The number of anilines is 2. The first-order chi connectivity index (χ1) is 14.7. The Morgan fingerprint density at radius 3 is 2.68 bits per heavy atom. The number of hydrogen-bond acceptors (Lipinski definition) is 7. The third-order valence-corrected chi connectivity index (χ3v) is 8.46. The Morgan fingerprint density at radius 2 is 2.03 bits per heavy atom. The molecule has 31 heavy (non-hydrogen) atoms. The number of amidine groups is 1. The topological polar surface area (TPSA) is 88.1 Å². The van der Waals surface area contributed by atoms with Crippen molar-refractivity contribution >= 4 is 55.6 Å². The van der Waals surface area contributed by atoms with Crippen molar-refractivity contribution in [2.75, 3.05) is 35.4 Å². The lowest BCUT2D eigenvalue weighted by Gasteiger charge is -2.24. The summed E-state index contributed by atoms with van der Waals surface area (Å²) in [4.78, 5) is 19.1.